The van der Waals surface area contributed by atoms with Crippen LogP contribution in [0.5, 0.6) is 0 Å². The van der Waals surface area contributed by atoms with Gasteiger partial charge < -0.3 is 16.5 Å². The molecule has 5 N–H and O–H groups in total. The first-order valence-electron chi connectivity index (χ1n) is 6.22. The molecule has 0 aliphatic rings. The van der Waals surface area contributed by atoms with Gasteiger partial charge in [-0.15, -0.1) is 0 Å². The van der Waals surface area contributed by atoms with Gasteiger partial charge in [0, 0.05) is 39.3 Å². The Morgan fingerprint density at radius 3 is 2.76 bits per heavy atom. The Balaban J connectivity index is 2.14. The van der Waals surface area contributed by atoms with Crippen molar-refractivity contribution in [1.29, 1.82) is 0 Å². The molecule has 0 aliphatic carbocycles. The van der Waals surface area contributed by atoms with Crippen LogP contribution >= 0.6 is 11.8 Å². The normalized spacial score (nSPS) is 10.9. The highest BCUT2D eigenvalue weighted by molar-refractivity contribution is 7.99. The third-order valence-electron chi connectivity index (χ3n) is 2.98. The van der Waals surface area contributed by atoms with Gasteiger partial charge in [-0.25, -0.2) is 4.98 Å². The molecule has 0 bridgehead atoms. The third kappa shape index (κ3) is 2.68. The number of rotatable bonds is 2. The Morgan fingerprint density at radius 1 is 1.19 bits per heavy atom. The Hall–Kier alpha value is -2.54. The van der Waals surface area contributed by atoms with E-state index in [-0.39, 0.29) is 11.4 Å². The third-order valence-corrected chi connectivity index (χ3v) is 3.94. The summed E-state index contributed by atoms with van der Waals surface area (Å²) in [5, 5.41) is 2.29. The van der Waals surface area contributed by atoms with Crippen LogP contribution in [-0.4, -0.2) is 15.0 Å². The molecule has 0 radical (unpaired) electrons. The van der Waals surface area contributed by atoms with Crippen LogP contribution in [0.2, 0.25) is 0 Å². The van der Waals surface area contributed by atoms with E-state index in [1.165, 1.54) is 17.8 Å². The number of nitrogens with one attached hydrogen (secondary N) is 1. The minimum atomic E-state index is -0.275. The number of hydrogen-bond donors (Lipinski definition) is 3. The van der Waals surface area contributed by atoms with E-state index in [1.54, 1.807) is 6.20 Å². The second-order valence-electron chi connectivity index (χ2n) is 4.60. The van der Waals surface area contributed by atoms with Crippen molar-refractivity contribution in [3.8, 4) is 0 Å². The molecule has 2 heterocycles. The number of aryl methyl sites for hydroxylation is 1. The Labute approximate surface area is 124 Å². The van der Waals surface area contributed by atoms with Gasteiger partial charge in [0.05, 0.1) is 0 Å². The number of aromatic amines is 1. The summed E-state index contributed by atoms with van der Waals surface area (Å²) in [5.41, 5.74) is 12.9. The first-order valence-corrected chi connectivity index (χ1v) is 7.04. The molecule has 0 fully saturated rings. The molecule has 0 spiro atoms. The van der Waals surface area contributed by atoms with Crippen LogP contribution in [0.3, 0.4) is 0 Å². The topological polar surface area (TPSA) is 111 Å². The van der Waals surface area contributed by atoms with E-state index >= 15 is 0 Å². The maximum absolute atomic E-state index is 11.5. The van der Waals surface area contributed by atoms with Crippen molar-refractivity contribution in [3.63, 3.8) is 0 Å². The summed E-state index contributed by atoms with van der Waals surface area (Å²) in [7, 11) is 0. The number of benzene rings is 1. The molecular weight excluding hydrogens is 286 g/mol. The van der Waals surface area contributed by atoms with Crippen LogP contribution in [0.25, 0.3) is 10.8 Å². The fraction of sp³-hybridized carbons (Fsp3) is 0.0714. The second-order valence-corrected chi connectivity index (χ2v) is 5.63. The van der Waals surface area contributed by atoms with Crippen molar-refractivity contribution in [3.05, 3.63) is 46.5 Å². The summed E-state index contributed by atoms with van der Waals surface area (Å²) >= 11 is 1.33. The van der Waals surface area contributed by atoms with Crippen LogP contribution in [0.4, 0.5) is 11.5 Å². The van der Waals surface area contributed by atoms with Crippen molar-refractivity contribution in [2.24, 2.45) is 0 Å². The summed E-state index contributed by atoms with van der Waals surface area (Å²) in [5.74, 6) is 0.193. The van der Waals surface area contributed by atoms with Gasteiger partial charge in [0.25, 0.3) is 5.56 Å². The van der Waals surface area contributed by atoms with Gasteiger partial charge in [0.15, 0.2) is 5.16 Å². The predicted molar refractivity (Wildman–Crippen MR) is 84.3 cm³/mol. The van der Waals surface area contributed by atoms with Crippen LogP contribution in [0, 0.1) is 6.92 Å². The Kier molecular flexibility index (Phi) is 3.26. The molecule has 2 aromatic heterocycles. The van der Waals surface area contributed by atoms with E-state index in [9.17, 15) is 4.79 Å². The molecule has 106 valence electrons. The summed E-state index contributed by atoms with van der Waals surface area (Å²) in [6.07, 6.45) is 1.75. The number of pyridine rings is 1. The molecule has 0 unspecified atom stereocenters. The van der Waals surface area contributed by atoms with Crippen molar-refractivity contribution in [2.45, 2.75) is 17.0 Å². The lowest BCUT2D eigenvalue weighted by atomic mass is 10.1. The van der Waals surface area contributed by atoms with Gasteiger partial charge in [-0.2, -0.15) is 0 Å². The van der Waals surface area contributed by atoms with E-state index in [0.29, 0.717) is 10.8 Å². The molecule has 0 saturated carbocycles. The first kappa shape index (κ1) is 13.4. The van der Waals surface area contributed by atoms with Crippen molar-refractivity contribution in [2.75, 3.05) is 11.5 Å². The summed E-state index contributed by atoms with van der Waals surface area (Å²) in [6.45, 7) is 1.91. The average Bonchev–Trinajstić information content (AvgIpc) is 2.41. The lowest BCUT2D eigenvalue weighted by molar-refractivity contribution is 0.946. The molecule has 6 nitrogen and oxygen atoms in total. The maximum atomic E-state index is 11.5. The molecule has 0 amide bonds. The zero-order chi connectivity index (χ0) is 15.0. The van der Waals surface area contributed by atoms with E-state index < -0.39 is 0 Å². The molecule has 0 atom stereocenters. The van der Waals surface area contributed by atoms with Crippen LogP contribution < -0.4 is 17.0 Å². The second kappa shape index (κ2) is 5.10. The average molecular weight is 299 g/mol. The molecule has 3 aromatic rings. The highest BCUT2D eigenvalue weighted by atomic mass is 32.2. The quantitative estimate of drug-likeness (QED) is 0.492. The van der Waals surface area contributed by atoms with Gasteiger partial charge in [-0.05, 0) is 25.1 Å². The van der Waals surface area contributed by atoms with E-state index in [1.807, 2.05) is 25.1 Å². The van der Waals surface area contributed by atoms with Crippen LogP contribution in [0.1, 0.15) is 5.69 Å². The molecule has 7 heteroatoms. The largest absolute Gasteiger partial charge is 0.398 e. The fourth-order valence-corrected chi connectivity index (χ4v) is 2.96. The van der Waals surface area contributed by atoms with Gasteiger partial charge in [-0.1, -0.05) is 11.8 Å². The van der Waals surface area contributed by atoms with Gasteiger partial charge >= 0.3 is 0 Å². The Morgan fingerprint density at radius 2 is 2.00 bits per heavy atom. The number of nitrogens with two attached hydrogens (primary N) is 2. The summed E-state index contributed by atoms with van der Waals surface area (Å²) in [6, 6.07) is 6.91. The fourth-order valence-electron chi connectivity index (χ4n) is 2.03. The molecule has 0 saturated heterocycles. The molecular formula is C14H13N5OS. The number of fused-ring (bicyclic) bond motifs is 1. The first-order chi connectivity index (χ1) is 10.0. The molecule has 21 heavy (non-hydrogen) atoms. The summed E-state index contributed by atoms with van der Waals surface area (Å²) < 4.78 is 0. The number of hydrogen-bond acceptors (Lipinski definition) is 6. The van der Waals surface area contributed by atoms with Gasteiger partial charge in [-0.3, -0.25) is 9.78 Å². The number of anilines is 2. The zero-order valence-corrected chi connectivity index (χ0v) is 12.1. The lowest BCUT2D eigenvalue weighted by Crippen LogP contribution is -2.09. The summed E-state index contributed by atoms with van der Waals surface area (Å²) in [4.78, 5) is 23.4. The standard InChI is InChI=1S/C14H13N5OS/c1-7-4-8-9(6-17-7)10(15)2-3-11(8)21-14-18-12(16)5-13(20)19-14/h2-6H,15H2,1H3,(H3,16,18,19,20). The van der Waals surface area contributed by atoms with Crippen LogP contribution in [0.15, 0.2) is 45.3 Å². The highest BCUT2D eigenvalue weighted by Crippen LogP contribution is 2.34. The Bertz CT molecular complexity index is 890. The van der Waals surface area contributed by atoms with Crippen molar-refractivity contribution in [1.82, 2.24) is 15.0 Å². The highest BCUT2D eigenvalue weighted by Gasteiger charge is 2.09. The minimum Gasteiger partial charge on any atom is -0.398 e. The smallest absolute Gasteiger partial charge is 0.253 e. The zero-order valence-electron chi connectivity index (χ0n) is 11.3. The lowest BCUT2D eigenvalue weighted by Gasteiger charge is -2.08. The molecule has 1 aromatic carbocycles. The predicted octanol–water partition coefficient (Wildman–Crippen LogP) is 1.94. The number of nitrogen functional groups attached to an aromatic ring is 2. The van der Waals surface area contributed by atoms with E-state index in [4.69, 9.17) is 11.5 Å². The van der Waals surface area contributed by atoms with Crippen molar-refractivity contribution >= 4 is 34.0 Å². The monoisotopic (exact) mass is 299 g/mol. The minimum absolute atomic E-state index is 0.193. The molecule has 3 rings (SSSR count). The number of aromatic nitrogens is 3. The van der Waals surface area contributed by atoms with Crippen LogP contribution in [-0.2, 0) is 0 Å². The maximum Gasteiger partial charge on any atom is 0.253 e. The number of H-pyrrole nitrogens is 1. The van der Waals surface area contributed by atoms with Gasteiger partial charge in [0.2, 0.25) is 0 Å². The van der Waals surface area contributed by atoms with Gasteiger partial charge in [0.1, 0.15) is 5.82 Å². The SMILES string of the molecule is Cc1cc2c(Sc3nc(N)cc(=O)[nH]3)ccc(N)c2cn1. The van der Waals surface area contributed by atoms with E-state index in [2.05, 4.69) is 15.0 Å². The number of nitrogens with zero attached hydrogens (tertiary/aromatic N) is 2. The molecule has 0 aliphatic heterocycles. The van der Waals surface area contributed by atoms with E-state index in [0.717, 1.165) is 21.4 Å². The van der Waals surface area contributed by atoms with Crippen molar-refractivity contribution < 1.29 is 0 Å².